The van der Waals surface area contributed by atoms with E-state index in [4.69, 9.17) is 5.10 Å². The lowest BCUT2D eigenvalue weighted by atomic mass is 9.96. The van der Waals surface area contributed by atoms with Crippen molar-refractivity contribution < 1.29 is 17.9 Å². The van der Waals surface area contributed by atoms with E-state index in [9.17, 15) is 13.2 Å². The largest absolute Gasteiger partial charge is 0.573 e. The maximum atomic E-state index is 12.4. The van der Waals surface area contributed by atoms with Crippen LogP contribution in [0.5, 0.6) is 5.75 Å². The molecule has 0 bridgehead atoms. The summed E-state index contributed by atoms with van der Waals surface area (Å²) < 4.78 is 42.9. The van der Waals surface area contributed by atoms with Crippen LogP contribution in [0.4, 0.5) is 13.2 Å². The molecule has 0 radical (unpaired) electrons. The minimum atomic E-state index is -4.71. The van der Waals surface area contributed by atoms with Gasteiger partial charge in [-0.05, 0) is 53.3 Å². The average Bonchev–Trinajstić information content (AvgIpc) is 3.16. The highest BCUT2D eigenvalue weighted by Gasteiger charge is 2.31. The quantitative estimate of drug-likeness (QED) is 0.461. The van der Waals surface area contributed by atoms with Crippen molar-refractivity contribution in [2.75, 3.05) is 5.75 Å². The molecule has 3 aromatic rings. The van der Waals surface area contributed by atoms with Crippen LogP contribution in [-0.2, 0) is 6.42 Å². The number of fused-ring (bicyclic) bond motifs is 1. The third-order valence-electron chi connectivity index (χ3n) is 5.13. The van der Waals surface area contributed by atoms with E-state index in [2.05, 4.69) is 60.0 Å². The molecular formula is C23H23F3N4OS. The molecule has 5 nitrogen and oxygen atoms in total. The summed E-state index contributed by atoms with van der Waals surface area (Å²) in [4.78, 5) is 0. The predicted octanol–water partition coefficient (Wildman–Crippen LogP) is 5.89. The van der Waals surface area contributed by atoms with Crippen LogP contribution >= 0.6 is 11.8 Å². The Bertz CT molecular complexity index is 1110. The first-order chi connectivity index (χ1) is 15.2. The number of hydrogen-bond acceptors (Lipinski definition) is 5. The minimum Gasteiger partial charge on any atom is -0.406 e. The van der Waals surface area contributed by atoms with E-state index in [1.54, 1.807) is 16.8 Å². The van der Waals surface area contributed by atoms with E-state index >= 15 is 0 Å². The first kappa shape index (κ1) is 22.4. The first-order valence-corrected chi connectivity index (χ1v) is 11.3. The van der Waals surface area contributed by atoms with E-state index in [1.807, 2.05) is 0 Å². The number of thioether (sulfide) groups is 1. The van der Waals surface area contributed by atoms with Gasteiger partial charge in [0.1, 0.15) is 5.75 Å². The minimum absolute atomic E-state index is 0.0180. The molecule has 0 aliphatic carbocycles. The van der Waals surface area contributed by atoms with Crippen LogP contribution in [0, 0.1) is 5.92 Å². The van der Waals surface area contributed by atoms with E-state index in [-0.39, 0.29) is 11.7 Å². The van der Waals surface area contributed by atoms with Gasteiger partial charge in [-0.2, -0.15) is 9.78 Å². The molecule has 0 saturated carbocycles. The number of halogens is 3. The van der Waals surface area contributed by atoms with E-state index in [0.29, 0.717) is 16.8 Å². The molecule has 0 N–H and O–H groups in total. The SMILES string of the molecule is CC(C)Cc1ccc(C(C)c2nnc3n2N=C(c2ccc(OC(F)(F)F)cc2)CS3)cc1. The van der Waals surface area contributed by atoms with Gasteiger partial charge in [0.05, 0.1) is 5.71 Å². The number of rotatable bonds is 6. The fourth-order valence-electron chi connectivity index (χ4n) is 3.57. The number of nitrogens with zero attached hydrogens (tertiary/aromatic N) is 4. The van der Waals surface area contributed by atoms with Crippen LogP contribution in [0.1, 0.15) is 49.2 Å². The number of alkyl halides is 3. The first-order valence-electron chi connectivity index (χ1n) is 10.3. The zero-order valence-electron chi connectivity index (χ0n) is 17.9. The van der Waals surface area contributed by atoms with Crippen molar-refractivity contribution in [3.8, 4) is 5.75 Å². The fourth-order valence-corrected chi connectivity index (χ4v) is 4.41. The summed E-state index contributed by atoms with van der Waals surface area (Å²) in [5, 5.41) is 14.0. The van der Waals surface area contributed by atoms with Crippen molar-refractivity contribution in [3.05, 3.63) is 71.0 Å². The maximum absolute atomic E-state index is 12.4. The Balaban J connectivity index is 1.57. The third-order valence-corrected chi connectivity index (χ3v) is 6.06. The molecule has 168 valence electrons. The molecule has 0 spiro atoms. The number of benzene rings is 2. The molecule has 9 heteroatoms. The van der Waals surface area contributed by atoms with Gasteiger partial charge in [-0.3, -0.25) is 0 Å². The second-order valence-corrected chi connectivity index (χ2v) is 9.06. The number of aromatic nitrogens is 3. The molecule has 1 aliphatic heterocycles. The van der Waals surface area contributed by atoms with Gasteiger partial charge in [-0.1, -0.05) is 56.8 Å². The lowest BCUT2D eigenvalue weighted by Gasteiger charge is -2.17. The van der Waals surface area contributed by atoms with Crippen LogP contribution in [-0.4, -0.2) is 32.7 Å². The molecule has 32 heavy (non-hydrogen) atoms. The lowest BCUT2D eigenvalue weighted by molar-refractivity contribution is -0.274. The Hall–Kier alpha value is -2.81. The van der Waals surface area contributed by atoms with Gasteiger partial charge >= 0.3 is 6.36 Å². The van der Waals surface area contributed by atoms with Crippen molar-refractivity contribution >= 4 is 17.5 Å². The van der Waals surface area contributed by atoms with Crippen LogP contribution in [0.25, 0.3) is 0 Å². The molecular weight excluding hydrogens is 437 g/mol. The second-order valence-electron chi connectivity index (χ2n) is 8.12. The zero-order chi connectivity index (χ0) is 22.9. The van der Waals surface area contributed by atoms with Crippen LogP contribution in [0.2, 0.25) is 0 Å². The molecule has 1 aromatic heterocycles. The highest BCUT2D eigenvalue weighted by Crippen LogP contribution is 2.31. The summed E-state index contributed by atoms with van der Waals surface area (Å²) in [5.41, 5.74) is 3.88. The van der Waals surface area contributed by atoms with E-state index in [1.165, 1.54) is 29.5 Å². The Labute approximate surface area is 188 Å². The molecule has 2 aromatic carbocycles. The smallest absolute Gasteiger partial charge is 0.406 e. The van der Waals surface area contributed by atoms with Gasteiger partial charge in [0.15, 0.2) is 5.82 Å². The molecule has 0 amide bonds. The maximum Gasteiger partial charge on any atom is 0.573 e. The van der Waals surface area contributed by atoms with Gasteiger partial charge in [0.25, 0.3) is 0 Å². The molecule has 1 atom stereocenters. The Morgan fingerprint density at radius 2 is 1.69 bits per heavy atom. The Kier molecular flexibility index (Phi) is 6.28. The molecule has 2 heterocycles. The summed E-state index contributed by atoms with van der Waals surface area (Å²) in [6.07, 6.45) is -3.68. The van der Waals surface area contributed by atoms with Crippen molar-refractivity contribution in [1.82, 2.24) is 14.9 Å². The van der Waals surface area contributed by atoms with Gasteiger partial charge in [0, 0.05) is 11.7 Å². The van der Waals surface area contributed by atoms with Gasteiger partial charge in [-0.25, -0.2) is 0 Å². The van der Waals surface area contributed by atoms with Gasteiger partial charge in [0.2, 0.25) is 5.16 Å². The standard InChI is InChI=1S/C23H23F3N4OS/c1-14(2)12-16-4-6-17(7-5-16)15(3)21-27-28-22-30(21)29-20(13-32-22)18-8-10-19(11-9-18)31-23(24,25)26/h4-11,14-15H,12-13H2,1-3H3. The predicted molar refractivity (Wildman–Crippen MR) is 118 cm³/mol. The average molecular weight is 461 g/mol. The lowest BCUT2D eigenvalue weighted by Crippen LogP contribution is -2.18. The zero-order valence-corrected chi connectivity index (χ0v) is 18.7. The monoisotopic (exact) mass is 460 g/mol. The summed E-state index contributed by atoms with van der Waals surface area (Å²) >= 11 is 1.50. The summed E-state index contributed by atoms with van der Waals surface area (Å²) in [6.45, 7) is 6.46. The highest BCUT2D eigenvalue weighted by atomic mass is 32.2. The normalized spacial score (nSPS) is 14.8. The number of hydrogen-bond donors (Lipinski definition) is 0. The summed E-state index contributed by atoms with van der Waals surface area (Å²) in [6, 6.07) is 14.3. The fraction of sp³-hybridized carbons (Fsp3) is 0.348. The van der Waals surface area contributed by atoms with Crippen molar-refractivity contribution in [1.29, 1.82) is 0 Å². The third kappa shape index (κ3) is 5.15. The van der Waals surface area contributed by atoms with E-state index in [0.717, 1.165) is 29.1 Å². The topological polar surface area (TPSA) is 52.3 Å². The molecule has 1 unspecified atom stereocenters. The van der Waals surface area contributed by atoms with Crippen LogP contribution in [0.3, 0.4) is 0 Å². The van der Waals surface area contributed by atoms with Crippen molar-refractivity contribution in [3.63, 3.8) is 0 Å². The molecule has 1 aliphatic rings. The molecule has 0 saturated heterocycles. The van der Waals surface area contributed by atoms with Gasteiger partial charge in [-0.15, -0.1) is 23.4 Å². The number of ether oxygens (including phenoxy) is 1. The van der Waals surface area contributed by atoms with Gasteiger partial charge < -0.3 is 4.74 Å². The van der Waals surface area contributed by atoms with Crippen LogP contribution in [0.15, 0.2) is 58.8 Å². The van der Waals surface area contributed by atoms with E-state index < -0.39 is 6.36 Å². The summed E-state index contributed by atoms with van der Waals surface area (Å²) in [7, 11) is 0. The Morgan fingerprint density at radius 1 is 1.00 bits per heavy atom. The Morgan fingerprint density at radius 3 is 2.31 bits per heavy atom. The van der Waals surface area contributed by atoms with Crippen molar-refractivity contribution in [2.45, 2.75) is 44.6 Å². The summed E-state index contributed by atoms with van der Waals surface area (Å²) in [5.74, 6) is 1.59. The highest BCUT2D eigenvalue weighted by molar-refractivity contribution is 7.99. The van der Waals surface area contributed by atoms with Crippen molar-refractivity contribution in [2.24, 2.45) is 11.0 Å². The molecule has 0 fully saturated rings. The second kappa shape index (κ2) is 8.97. The van der Waals surface area contributed by atoms with Crippen LogP contribution < -0.4 is 4.74 Å². The molecule has 4 rings (SSSR count).